The second kappa shape index (κ2) is 4.19. The molecule has 2 heterocycles. The summed E-state index contributed by atoms with van der Waals surface area (Å²) in [5, 5.41) is 0. The SMILES string of the molecule is CC1(C)CC(=O)c2c(ncn2C2CCOCC2)C1. The van der Waals surface area contributed by atoms with Crippen LogP contribution in [0, 0.1) is 5.41 Å². The summed E-state index contributed by atoms with van der Waals surface area (Å²) < 4.78 is 7.49. The number of ether oxygens (including phenoxy) is 1. The van der Waals surface area contributed by atoms with Crippen LogP contribution < -0.4 is 0 Å². The fourth-order valence-electron chi connectivity index (χ4n) is 3.11. The number of rotatable bonds is 1. The molecule has 0 N–H and O–H groups in total. The monoisotopic (exact) mass is 248 g/mol. The number of fused-ring (bicyclic) bond motifs is 1. The first-order chi connectivity index (χ1) is 8.57. The molecule has 4 nitrogen and oxygen atoms in total. The zero-order valence-electron chi connectivity index (χ0n) is 11.1. The molecule has 0 atom stereocenters. The Morgan fingerprint density at radius 3 is 2.78 bits per heavy atom. The quantitative estimate of drug-likeness (QED) is 0.766. The lowest BCUT2D eigenvalue weighted by molar-refractivity contribution is 0.0670. The van der Waals surface area contributed by atoms with Gasteiger partial charge >= 0.3 is 0 Å². The minimum Gasteiger partial charge on any atom is -0.381 e. The van der Waals surface area contributed by atoms with Crippen LogP contribution in [0.1, 0.15) is 55.3 Å². The summed E-state index contributed by atoms with van der Waals surface area (Å²) in [5.74, 6) is 0.255. The number of aromatic nitrogens is 2. The normalized spacial score (nSPS) is 24.0. The van der Waals surface area contributed by atoms with Crippen molar-refractivity contribution in [2.24, 2.45) is 5.41 Å². The van der Waals surface area contributed by atoms with Gasteiger partial charge in [-0.1, -0.05) is 13.8 Å². The molecule has 1 aromatic heterocycles. The molecule has 3 rings (SSSR count). The van der Waals surface area contributed by atoms with Gasteiger partial charge in [-0.3, -0.25) is 4.79 Å². The molecule has 98 valence electrons. The van der Waals surface area contributed by atoms with E-state index in [0.29, 0.717) is 12.5 Å². The van der Waals surface area contributed by atoms with Gasteiger partial charge in [-0.25, -0.2) is 4.98 Å². The highest BCUT2D eigenvalue weighted by Gasteiger charge is 2.35. The maximum atomic E-state index is 12.3. The van der Waals surface area contributed by atoms with Gasteiger partial charge < -0.3 is 9.30 Å². The molecule has 1 aliphatic heterocycles. The Balaban J connectivity index is 1.95. The number of imidazole rings is 1. The summed E-state index contributed by atoms with van der Waals surface area (Å²) in [4.78, 5) is 16.8. The van der Waals surface area contributed by atoms with Gasteiger partial charge in [0.05, 0.1) is 12.0 Å². The minimum atomic E-state index is 0.0545. The van der Waals surface area contributed by atoms with Crippen LogP contribution in [0.3, 0.4) is 0 Å². The Bertz CT molecular complexity index is 470. The molecule has 0 saturated carbocycles. The van der Waals surface area contributed by atoms with Crippen LogP contribution in [-0.4, -0.2) is 28.5 Å². The molecular formula is C14H20N2O2. The van der Waals surface area contributed by atoms with Gasteiger partial charge in [-0.15, -0.1) is 0 Å². The van der Waals surface area contributed by atoms with E-state index in [9.17, 15) is 4.79 Å². The van der Waals surface area contributed by atoms with Gasteiger partial charge in [-0.2, -0.15) is 0 Å². The van der Waals surface area contributed by atoms with Gasteiger partial charge in [0.1, 0.15) is 5.69 Å². The summed E-state index contributed by atoms with van der Waals surface area (Å²) in [6.45, 7) is 5.86. The van der Waals surface area contributed by atoms with E-state index in [-0.39, 0.29) is 11.2 Å². The molecule has 0 radical (unpaired) electrons. The summed E-state index contributed by atoms with van der Waals surface area (Å²) >= 11 is 0. The molecule has 2 aliphatic rings. The smallest absolute Gasteiger partial charge is 0.181 e. The maximum absolute atomic E-state index is 12.3. The molecule has 0 bridgehead atoms. The zero-order chi connectivity index (χ0) is 12.8. The third kappa shape index (κ3) is 1.99. The van der Waals surface area contributed by atoms with E-state index in [1.165, 1.54) is 0 Å². The Kier molecular flexibility index (Phi) is 2.77. The first-order valence-corrected chi connectivity index (χ1v) is 6.73. The Morgan fingerprint density at radius 1 is 1.33 bits per heavy atom. The third-order valence-corrected chi connectivity index (χ3v) is 4.00. The van der Waals surface area contributed by atoms with Crippen LogP contribution in [-0.2, 0) is 11.2 Å². The second-order valence-electron chi connectivity index (χ2n) is 6.23. The fraction of sp³-hybridized carbons (Fsp3) is 0.714. The standard InChI is InChI=1S/C14H20N2O2/c1-14(2)7-11-13(12(17)8-14)16(9-15-11)10-3-5-18-6-4-10/h9-10H,3-8H2,1-2H3. The van der Waals surface area contributed by atoms with Crippen molar-refractivity contribution < 1.29 is 9.53 Å². The van der Waals surface area contributed by atoms with Gasteiger partial charge in [0.25, 0.3) is 0 Å². The van der Waals surface area contributed by atoms with Crippen molar-refractivity contribution in [2.75, 3.05) is 13.2 Å². The van der Waals surface area contributed by atoms with Crippen LogP contribution in [0.5, 0.6) is 0 Å². The second-order valence-corrected chi connectivity index (χ2v) is 6.23. The molecule has 0 spiro atoms. The van der Waals surface area contributed by atoms with Crippen molar-refractivity contribution in [3.8, 4) is 0 Å². The average molecular weight is 248 g/mol. The summed E-state index contributed by atoms with van der Waals surface area (Å²) in [6.07, 6.45) is 5.37. The maximum Gasteiger partial charge on any atom is 0.181 e. The molecule has 0 amide bonds. The fourth-order valence-corrected chi connectivity index (χ4v) is 3.11. The Hall–Kier alpha value is -1.16. The molecular weight excluding hydrogens is 228 g/mol. The van der Waals surface area contributed by atoms with Crippen molar-refractivity contribution >= 4 is 5.78 Å². The highest BCUT2D eigenvalue weighted by molar-refractivity contribution is 5.97. The number of carbonyl (C=O) groups excluding carboxylic acids is 1. The molecule has 0 unspecified atom stereocenters. The van der Waals surface area contributed by atoms with Crippen molar-refractivity contribution in [3.63, 3.8) is 0 Å². The molecule has 1 fully saturated rings. The summed E-state index contributed by atoms with van der Waals surface area (Å²) in [7, 11) is 0. The molecule has 0 aromatic carbocycles. The Morgan fingerprint density at radius 2 is 2.06 bits per heavy atom. The predicted molar refractivity (Wildman–Crippen MR) is 67.7 cm³/mol. The molecule has 1 saturated heterocycles. The lowest BCUT2D eigenvalue weighted by Gasteiger charge is -2.30. The third-order valence-electron chi connectivity index (χ3n) is 4.00. The molecule has 1 aromatic rings. The van der Waals surface area contributed by atoms with E-state index in [1.54, 1.807) is 0 Å². The average Bonchev–Trinajstić information content (AvgIpc) is 2.72. The van der Waals surface area contributed by atoms with E-state index in [4.69, 9.17) is 4.74 Å². The highest BCUT2D eigenvalue weighted by Crippen LogP contribution is 2.36. The topological polar surface area (TPSA) is 44.1 Å². The van der Waals surface area contributed by atoms with Crippen molar-refractivity contribution in [1.29, 1.82) is 0 Å². The van der Waals surface area contributed by atoms with Crippen molar-refractivity contribution in [3.05, 3.63) is 17.7 Å². The first kappa shape index (κ1) is 11.9. The van der Waals surface area contributed by atoms with E-state index >= 15 is 0 Å². The molecule has 18 heavy (non-hydrogen) atoms. The van der Waals surface area contributed by atoms with Gasteiger partial charge in [-0.05, 0) is 24.7 Å². The summed E-state index contributed by atoms with van der Waals surface area (Å²) in [6, 6.07) is 0.389. The van der Waals surface area contributed by atoms with Crippen LogP contribution in [0.25, 0.3) is 0 Å². The van der Waals surface area contributed by atoms with E-state index in [2.05, 4.69) is 23.4 Å². The zero-order valence-corrected chi connectivity index (χ0v) is 11.1. The van der Waals surface area contributed by atoms with Gasteiger partial charge in [0.15, 0.2) is 5.78 Å². The van der Waals surface area contributed by atoms with Crippen molar-refractivity contribution in [2.45, 2.75) is 45.6 Å². The largest absolute Gasteiger partial charge is 0.381 e. The number of hydrogen-bond acceptors (Lipinski definition) is 3. The lowest BCUT2D eigenvalue weighted by Crippen LogP contribution is -2.30. The molecule has 1 aliphatic carbocycles. The number of Topliss-reactive ketones (excluding diaryl/α,β-unsaturated/α-hetero) is 1. The van der Waals surface area contributed by atoms with Crippen molar-refractivity contribution in [1.82, 2.24) is 9.55 Å². The van der Waals surface area contributed by atoms with E-state index in [0.717, 1.165) is 43.9 Å². The van der Waals surface area contributed by atoms with Crippen LogP contribution in [0.15, 0.2) is 6.33 Å². The highest BCUT2D eigenvalue weighted by atomic mass is 16.5. The Labute approximate surface area is 107 Å². The number of carbonyl (C=O) groups is 1. The van der Waals surface area contributed by atoms with E-state index < -0.39 is 0 Å². The minimum absolute atomic E-state index is 0.0545. The first-order valence-electron chi connectivity index (χ1n) is 6.73. The lowest BCUT2D eigenvalue weighted by atomic mass is 9.77. The summed E-state index contributed by atoms with van der Waals surface area (Å²) in [5.41, 5.74) is 1.91. The molecule has 4 heteroatoms. The van der Waals surface area contributed by atoms with Crippen LogP contribution in [0.4, 0.5) is 0 Å². The van der Waals surface area contributed by atoms with Gasteiger partial charge in [0, 0.05) is 25.7 Å². The number of nitrogens with zero attached hydrogens (tertiary/aromatic N) is 2. The van der Waals surface area contributed by atoms with Crippen LogP contribution >= 0.6 is 0 Å². The van der Waals surface area contributed by atoms with Gasteiger partial charge in [0.2, 0.25) is 0 Å². The number of ketones is 1. The predicted octanol–water partition coefficient (Wildman–Crippen LogP) is 2.39. The van der Waals surface area contributed by atoms with Crippen LogP contribution in [0.2, 0.25) is 0 Å². The number of hydrogen-bond donors (Lipinski definition) is 0. The van der Waals surface area contributed by atoms with E-state index in [1.807, 2.05) is 6.33 Å².